The Morgan fingerprint density at radius 1 is 1.11 bits per heavy atom. The van der Waals surface area contributed by atoms with E-state index in [0.717, 1.165) is 0 Å². The van der Waals surface area contributed by atoms with Crippen molar-refractivity contribution in [3.8, 4) is 5.75 Å². The maximum atomic E-state index is 12.4. The van der Waals surface area contributed by atoms with Crippen molar-refractivity contribution < 1.29 is 13.2 Å². The van der Waals surface area contributed by atoms with Crippen molar-refractivity contribution in [1.29, 1.82) is 0 Å². The Kier molecular flexibility index (Phi) is 5.13. The molecule has 0 bridgehead atoms. The molecule has 0 aromatic heterocycles. The fraction of sp³-hybridized carbons (Fsp3) is 0.500. The summed E-state index contributed by atoms with van der Waals surface area (Å²) in [4.78, 5) is 2.14. The standard InChI is InChI=1S/C12H20N2O3S/c1-13(2)9-10-14(3)18(15,16)12-8-6-5-7-11(12)17-4/h5-8H,9-10H2,1-4H3. The fourth-order valence-electron chi connectivity index (χ4n) is 1.46. The van der Waals surface area contributed by atoms with Crippen LogP contribution in [0.3, 0.4) is 0 Å². The monoisotopic (exact) mass is 272 g/mol. The summed E-state index contributed by atoms with van der Waals surface area (Å²) in [6.07, 6.45) is 0. The second kappa shape index (κ2) is 6.17. The number of para-hydroxylation sites is 1. The zero-order valence-electron chi connectivity index (χ0n) is 11.3. The Balaban J connectivity index is 2.98. The number of methoxy groups -OCH3 is 1. The molecule has 1 rings (SSSR count). The molecule has 102 valence electrons. The first kappa shape index (κ1) is 14.9. The Labute approximate surface area is 109 Å². The third kappa shape index (κ3) is 3.44. The van der Waals surface area contributed by atoms with Crippen LogP contribution in [-0.4, -0.2) is 59.0 Å². The molecule has 0 unspecified atom stereocenters. The molecule has 0 aliphatic rings. The van der Waals surface area contributed by atoms with Crippen LogP contribution in [0.15, 0.2) is 29.2 Å². The summed E-state index contributed by atoms with van der Waals surface area (Å²) in [5, 5.41) is 0. The number of ether oxygens (including phenoxy) is 1. The molecule has 1 aromatic rings. The second-order valence-corrected chi connectivity index (χ2v) is 6.29. The molecule has 0 spiro atoms. The highest BCUT2D eigenvalue weighted by Gasteiger charge is 2.23. The van der Waals surface area contributed by atoms with E-state index >= 15 is 0 Å². The molecule has 0 heterocycles. The highest BCUT2D eigenvalue weighted by Crippen LogP contribution is 2.25. The molecular formula is C12H20N2O3S. The van der Waals surface area contributed by atoms with Crippen LogP contribution in [0.25, 0.3) is 0 Å². The van der Waals surface area contributed by atoms with Gasteiger partial charge < -0.3 is 9.64 Å². The molecule has 0 N–H and O–H groups in total. The van der Waals surface area contributed by atoms with Crippen molar-refractivity contribution in [2.24, 2.45) is 0 Å². The van der Waals surface area contributed by atoms with Crippen molar-refractivity contribution in [2.45, 2.75) is 4.90 Å². The first-order chi connectivity index (χ1) is 8.39. The molecular weight excluding hydrogens is 252 g/mol. The Morgan fingerprint density at radius 2 is 1.72 bits per heavy atom. The molecule has 0 radical (unpaired) electrons. The molecule has 1 aromatic carbocycles. The van der Waals surface area contributed by atoms with Gasteiger partial charge in [0, 0.05) is 20.1 Å². The van der Waals surface area contributed by atoms with Gasteiger partial charge in [0.1, 0.15) is 10.6 Å². The number of rotatable bonds is 6. The summed E-state index contributed by atoms with van der Waals surface area (Å²) < 4.78 is 31.1. The second-order valence-electron chi connectivity index (χ2n) is 4.28. The van der Waals surface area contributed by atoms with E-state index in [1.807, 2.05) is 19.0 Å². The molecule has 0 fully saturated rings. The predicted molar refractivity (Wildman–Crippen MR) is 71.4 cm³/mol. The normalized spacial score (nSPS) is 12.1. The van der Waals surface area contributed by atoms with Gasteiger partial charge in [0.25, 0.3) is 0 Å². The zero-order valence-corrected chi connectivity index (χ0v) is 12.1. The van der Waals surface area contributed by atoms with E-state index in [9.17, 15) is 8.42 Å². The molecule has 5 nitrogen and oxygen atoms in total. The van der Waals surface area contributed by atoms with Gasteiger partial charge in [-0.1, -0.05) is 12.1 Å². The number of benzene rings is 1. The van der Waals surface area contributed by atoms with E-state index in [4.69, 9.17) is 4.74 Å². The maximum absolute atomic E-state index is 12.4. The summed E-state index contributed by atoms with van der Waals surface area (Å²) in [7, 11) is 3.36. The first-order valence-electron chi connectivity index (χ1n) is 5.63. The van der Waals surface area contributed by atoms with Crippen LogP contribution >= 0.6 is 0 Å². The summed E-state index contributed by atoms with van der Waals surface area (Å²) in [5.41, 5.74) is 0. The van der Waals surface area contributed by atoms with Crippen LogP contribution in [0.4, 0.5) is 0 Å². The van der Waals surface area contributed by atoms with Crippen LogP contribution in [0.5, 0.6) is 5.75 Å². The minimum Gasteiger partial charge on any atom is -0.495 e. The van der Waals surface area contributed by atoms with Gasteiger partial charge in [0.15, 0.2) is 0 Å². The van der Waals surface area contributed by atoms with E-state index in [1.54, 1.807) is 31.3 Å². The highest BCUT2D eigenvalue weighted by molar-refractivity contribution is 7.89. The number of sulfonamides is 1. The molecule has 0 saturated carbocycles. The molecule has 18 heavy (non-hydrogen) atoms. The lowest BCUT2D eigenvalue weighted by Crippen LogP contribution is -2.33. The van der Waals surface area contributed by atoms with Gasteiger partial charge in [-0.3, -0.25) is 0 Å². The van der Waals surface area contributed by atoms with E-state index in [1.165, 1.54) is 11.4 Å². The van der Waals surface area contributed by atoms with Crippen molar-refractivity contribution in [3.63, 3.8) is 0 Å². The van der Waals surface area contributed by atoms with Crippen molar-refractivity contribution >= 4 is 10.0 Å². The summed E-state index contributed by atoms with van der Waals surface area (Å²) in [6.45, 7) is 1.11. The van der Waals surface area contributed by atoms with Gasteiger partial charge in [0.2, 0.25) is 10.0 Å². The lowest BCUT2D eigenvalue weighted by molar-refractivity contribution is 0.356. The van der Waals surface area contributed by atoms with E-state index < -0.39 is 10.0 Å². The van der Waals surface area contributed by atoms with Crippen LogP contribution in [0.2, 0.25) is 0 Å². The summed E-state index contributed by atoms with van der Waals surface area (Å²) in [5.74, 6) is 0.370. The van der Waals surface area contributed by atoms with Gasteiger partial charge in [-0.25, -0.2) is 8.42 Å². The number of nitrogens with zero attached hydrogens (tertiary/aromatic N) is 2. The number of likely N-dealkylation sites (N-methyl/N-ethyl adjacent to an activating group) is 2. The van der Waals surface area contributed by atoms with Gasteiger partial charge in [-0.2, -0.15) is 4.31 Å². The summed E-state index contributed by atoms with van der Waals surface area (Å²) in [6, 6.07) is 6.64. The molecule has 0 aliphatic carbocycles. The third-order valence-corrected chi connectivity index (χ3v) is 4.52. The smallest absolute Gasteiger partial charge is 0.246 e. The van der Waals surface area contributed by atoms with Crippen molar-refractivity contribution in [1.82, 2.24) is 9.21 Å². The van der Waals surface area contributed by atoms with Gasteiger partial charge in [-0.05, 0) is 26.2 Å². The van der Waals surface area contributed by atoms with Gasteiger partial charge in [0.05, 0.1) is 7.11 Å². The quantitative estimate of drug-likeness (QED) is 0.771. The number of hydrogen-bond acceptors (Lipinski definition) is 4. The minimum atomic E-state index is -3.50. The highest BCUT2D eigenvalue weighted by atomic mass is 32.2. The van der Waals surface area contributed by atoms with Crippen LogP contribution in [-0.2, 0) is 10.0 Å². The average Bonchev–Trinajstić information content (AvgIpc) is 2.35. The lowest BCUT2D eigenvalue weighted by Gasteiger charge is -2.20. The van der Waals surface area contributed by atoms with Gasteiger partial charge >= 0.3 is 0 Å². The topological polar surface area (TPSA) is 49.9 Å². The maximum Gasteiger partial charge on any atom is 0.246 e. The van der Waals surface area contributed by atoms with Crippen LogP contribution < -0.4 is 4.74 Å². The Bertz CT molecular complexity index is 486. The van der Waals surface area contributed by atoms with Crippen LogP contribution in [0, 0.1) is 0 Å². The SMILES string of the molecule is COc1ccccc1S(=O)(=O)N(C)CCN(C)C. The first-order valence-corrected chi connectivity index (χ1v) is 7.07. The fourth-order valence-corrected chi connectivity index (χ4v) is 2.77. The van der Waals surface area contributed by atoms with E-state index in [0.29, 0.717) is 18.8 Å². The Morgan fingerprint density at radius 3 is 2.28 bits per heavy atom. The summed E-state index contributed by atoms with van der Waals surface area (Å²) >= 11 is 0. The average molecular weight is 272 g/mol. The molecule has 0 saturated heterocycles. The zero-order chi connectivity index (χ0) is 13.8. The Hall–Kier alpha value is -1.11. The third-order valence-electron chi connectivity index (χ3n) is 2.62. The van der Waals surface area contributed by atoms with Crippen molar-refractivity contribution in [3.05, 3.63) is 24.3 Å². The molecule has 0 amide bonds. The largest absolute Gasteiger partial charge is 0.495 e. The van der Waals surface area contributed by atoms with E-state index in [-0.39, 0.29) is 4.90 Å². The lowest BCUT2D eigenvalue weighted by atomic mass is 10.3. The number of hydrogen-bond donors (Lipinski definition) is 0. The van der Waals surface area contributed by atoms with Crippen LogP contribution in [0.1, 0.15) is 0 Å². The minimum absolute atomic E-state index is 0.203. The molecule has 0 atom stereocenters. The predicted octanol–water partition coefficient (Wildman–Crippen LogP) is 0.877. The molecule has 0 aliphatic heterocycles. The molecule has 6 heteroatoms. The van der Waals surface area contributed by atoms with E-state index in [2.05, 4.69) is 0 Å². The van der Waals surface area contributed by atoms with Gasteiger partial charge in [-0.15, -0.1) is 0 Å². The van der Waals surface area contributed by atoms with Crippen molar-refractivity contribution in [2.75, 3.05) is 41.3 Å².